The molecular weight excluding hydrogens is 281 g/mol. The number of hydrogen-bond acceptors (Lipinski definition) is 3. The van der Waals surface area contributed by atoms with Gasteiger partial charge in [0.15, 0.2) is 0 Å². The second-order valence-electron chi connectivity index (χ2n) is 4.13. The summed E-state index contributed by atoms with van der Waals surface area (Å²) in [4.78, 5) is 3.80. The molecule has 1 rings (SSSR count). The summed E-state index contributed by atoms with van der Waals surface area (Å²) in [7, 11) is 0. The molecule has 0 aliphatic heterocycles. The molecule has 19 heavy (non-hydrogen) atoms. The molecule has 1 aromatic heterocycles. The van der Waals surface area contributed by atoms with Gasteiger partial charge in [0.2, 0.25) is 0 Å². The van der Waals surface area contributed by atoms with E-state index in [-0.39, 0.29) is 17.6 Å². The van der Waals surface area contributed by atoms with Crippen molar-refractivity contribution in [1.29, 1.82) is 0 Å². The van der Waals surface area contributed by atoms with E-state index in [4.69, 9.17) is 16.7 Å². The first-order chi connectivity index (χ1) is 8.93. The van der Waals surface area contributed by atoms with E-state index in [1.807, 2.05) is 0 Å². The zero-order valence-corrected chi connectivity index (χ0v) is 11.1. The molecule has 1 heterocycles. The van der Waals surface area contributed by atoms with Crippen LogP contribution in [0.25, 0.3) is 0 Å². The van der Waals surface area contributed by atoms with Crippen molar-refractivity contribution in [3.05, 3.63) is 22.8 Å². The highest BCUT2D eigenvalue weighted by Gasteiger charge is 2.31. The second kappa shape index (κ2) is 7.55. The molecule has 0 aromatic carbocycles. The third-order valence-electron chi connectivity index (χ3n) is 2.51. The van der Waals surface area contributed by atoms with Crippen molar-refractivity contribution in [3.63, 3.8) is 0 Å². The smallest absolute Gasteiger partial charge is 0.396 e. The normalized spacial score (nSPS) is 11.6. The van der Waals surface area contributed by atoms with Gasteiger partial charge in [-0.05, 0) is 25.0 Å². The third-order valence-corrected chi connectivity index (χ3v) is 2.71. The van der Waals surface area contributed by atoms with E-state index in [2.05, 4.69) is 10.3 Å². The number of nitrogens with one attached hydrogen (secondary N) is 1. The lowest BCUT2D eigenvalue weighted by Gasteiger charge is -2.10. The van der Waals surface area contributed by atoms with Crippen LogP contribution < -0.4 is 5.32 Å². The number of aliphatic hydroxyl groups excluding tert-OH is 1. The van der Waals surface area contributed by atoms with Crippen LogP contribution in [0, 0.1) is 0 Å². The molecule has 0 atom stereocenters. The number of halogens is 4. The van der Waals surface area contributed by atoms with Gasteiger partial charge in [-0.3, -0.25) is 0 Å². The fourth-order valence-electron chi connectivity index (χ4n) is 1.56. The molecule has 0 unspecified atom stereocenters. The topological polar surface area (TPSA) is 45.1 Å². The molecule has 0 saturated heterocycles. The number of nitrogens with zero attached hydrogens (tertiary/aromatic N) is 1. The highest BCUT2D eigenvalue weighted by atomic mass is 35.5. The number of anilines is 1. The highest BCUT2D eigenvalue weighted by molar-refractivity contribution is 6.29. The summed E-state index contributed by atoms with van der Waals surface area (Å²) in [6, 6.07) is 1.74. The number of aromatic nitrogens is 1. The summed E-state index contributed by atoms with van der Waals surface area (Å²) in [6.45, 7) is 0.689. The lowest BCUT2D eigenvalue weighted by molar-refractivity contribution is -0.137. The quantitative estimate of drug-likeness (QED) is 0.595. The van der Waals surface area contributed by atoms with Crippen molar-refractivity contribution in [2.75, 3.05) is 18.5 Å². The number of alkyl halides is 3. The van der Waals surface area contributed by atoms with Gasteiger partial charge in [-0.2, -0.15) is 13.2 Å². The number of unbranched alkanes of at least 4 members (excludes halogenated alkanes) is 3. The molecule has 1 aromatic rings. The van der Waals surface area contributed by atoms with Crippen molar-refractivity contribution in [3.8, 4) is 0 Å². The molecule has 0 bridgehead atoms. The monoisotopic (exact) mass is 296 g/mol. The van der Waals surface area contributed by atoms with Crippen LogP contribution in [0.2, 0.25) is 5.15 Å². The molecule has 0 radical (unpaired) electrons. The molecule has 0 fully saturated rings. The average molecular weight is 297 g/mol. The molecule has 2 N–H and O–H groups in total. The summed E-state index contributed by atoms with van der Waals surface area (Å²) in [5.41, 5.74) is -0.810. The van der Waals surface area contributed by atoms with Crippen molar-refractivity contribution in [1.82, 2.24) is 4.98 Å². The summed E-state index contributed by atoms with van der Waals surface area (Å²) >= 11 is 5.56. The number of pyridine rings is 1. The van der Waals surface area contributed by atoms with Crippen LogP contribution in [-0.4, -0.2) is 23.2 Å². The zero-order valence-electron chi connectivity index (χ0n) is 10.3. The predicted octanol–water partition coefficient (Wildman–Crippen LogP) is 3.72. The van der Waals surface area contributed by atoms with Crippen molar-refractivity contribution < 1.29 is 18.3 Å². The second-order valence-corrected chi connectivity index (χ2v) is 4.51. The molecule has 0 aliphatic carbocycles. The molecule has 0 saturated carbocycles. The Labute approximate surface area is 114 Å². The summed E-state index contributed by atoms with van der Waals surface area (Å²) < 4.78 is 37.6. The number of rotatable bonds is 7. The fraction of sp³-hybridized carbons (Fsp3) is 0.583. The zero-order chi connectivity index (χ0) is 14.3. The first-order valence-corrected chi connectivity index (χ1v) is 6.41. The van der Waals surface area contributed by atoms with Crippen LogP contribution in [0.3, 0.4) is 0 Å². The summed E-state index contributed by atoms with van der Waals surface area (Å²) in [6.07, 6.45) is -1.08. The Morgan fingerprint density at radius 2 is 1.84 bits per heavy atom. The van der Waals surface area contributed by atoms with E-state index in [0.717, 1.165) is 37.8 Å². The van der Waals surface area contributed by atoms with E-state index in [1.54, 1.807) is 0 Å². The van der Waals surface area contributed by atoms with Gasteiger partial charge in [0, 0.05) is 13.2 Å². The minimum atomic E-state index is -4.43. The Kier molecular flexibility index (Phi) is 6.37. The van der Waals surface area contributed by atoms with Gasteiger partial charge in [0.25, 0.3) is 0 Å². The van der Waals surface area contributed by atoms with Gasteiger partial charge in [0.05, 0.1) is 5.56 Å². The fourth-order valence-corrected chi connectivity index (χ4v) is 1.77. The first-order valence-electron chi connectivity index (χ1n) is 6.03. The molecule has 0 aliphatic rings. The van der Waals surface area contributed by atoms with Crippen LogP contribution in [0.15, 0.2) is 12.1 Å². The maximum Gasteiger partial charge on any atom is 0.416 e. The largest absolute Gasteiger partial charge is 0.416 e. The van der Waals surface area contributed by atoms with E-state index >= 15 is 0 Å². The van der Waals surface area contributed by atoms with E-state index in [0.29, 0.717) is 6.54 Å². The van der Waals surface area contributed by atoms with Crippen LogP contribution in [0.4, 0.5) is 19.0 Å². The Morgan fingerprint density at radius 1 is 1.16 bits per heavy atom. The Morgan fingerprint density at radius 3 is 2.47 bits per heavy atom. The van der Waals surface area contributed by atoms with Gasteiger partial charge in [-0.15, -0.1) is 0 Å². The van der Waals surface area contributed by atoms with Gasteiger partial charge >= 0.3 is 6.18 Å². The average Bonchev–Trinajstić information content (AvgIpc) is 2.32. The molecule has 108 valence electrons. The van der Waals surface area contributed by atoms with Crippen LogP contribution in [0.1, 0.15) is 31.2 Å². The molecule has 3 nitrogen and oxygen atoms in total. The Hall–Kier alpha value is -1.01. The van der Waals surface area contributed by atoms with Gasteiger partial charge in [-0.25, -0.2) is 4.98 Å². The molecule has 7 heteroatoms. The van der Waals surface area contributed by atoms with E-state index in [1.165, 1.54) is 0 Å². The lowest BCUT2D eigenvalue weighted by Crippen LogP contribution is -2.09. The SMILES string of the molecule is OCCCCCCNc1cc(C(F)(F)F)cc(Cl)n1. The third kappa shape index (κ3) is 6.11. The summed E-state index contributed by atoms with van der Waals surface area (Å²) in [5, 5.41) is 11.2. The van der Waals surface area contributed by atoms with Crippen molar-refractivity contribution in [2.45, 2.75) is 31.9 Å². The minimum absolute atomic E-state index is 0.127. The Bertz CT molecular complexity index is 399. The van der Waals surface area contributed by atoms with Gasteiger partial charge in [0.1, 0.15) is 11.0 Å². The van der Waals surface area contributed by atoms with Crippen LogP contribution >= 0.6 is 11.6 Å². The van der Waals surface area contributed by atoms with Crippen molar-refractivity contribution >= 4 is 17.4 Å². The van der Waals surface area contributed by atoms with Crippen LogP contribution in [0.5, 0.6) is 0 Å². The van der Waals surface area contributed by atoms with E-state index in [9.17, 15) is 13.2 Å². The minimum Gasteiger partial charge on any atom is -0.396 e. The maximum atomic E-state index is 12.5. The maximum absolute atomic E-state index is 12.5. The lowest BCUT2D eigenvalue weighted by atomic mass is 10.2. The number of hydrogen-bond donors (Lipinski definition) is 2. The van der Waals surface area contributed by atoms with Crippen LogP contribution in [-0.2, 0) is 6.18 Å². The molecule has 0 amide bonds. The van der Waals surface area contributed by atoms with Gasteiger partial charge in [-0.1, -0.05) is 24.4 Å². The predicted molar refractivity (Wildman–Crippen MR) is 68.3 cm³/mol. The standard InChI is InChI=1S/C12H16ClF3N2O/c13-10-7-9(12(14,15)16)8-11(18-10)17-5-3-1-2-4-6-19/h7-8,19H,1-6H2,(H,17,18). The van der Waals surface area contributed by atoms with E-state index < -0.39 is 11.7 Å². The first kappa shape index (κ1) is 16.0. The summed E-state index contributed by atoms with van der Waals surface area (Å²) in [5.74, 6) is 0.127. The molecule has 0 spiro atoms. The van der Waals surface area contributed by atoms with Gasteiger partial charge < -0.3 is 10.4 Å². The van der Waals surface area contributed by atoms with Crippen molar-refractivity contribution in [2.24, 2.45) is 0 Å². The number of aliphatic hydroxyl groups is 1. The molecular formula is C12H16ClF3N2O. The Balaban J connectivity index is 2.48. The highest BCUT2D eigenvalue weighted by Crippen LogP contribution is 2.31.